The van der Waals surface area contributed by atoms with Crippen LogP contribution in [0, 0.1) is 5.82 Å². The van der Waals surface area contributed by atoms with Crippen LogP contribution in [0.5, 0.6) is 5.75 Å². The van der Waals surface area contributed by atoms with E-state index in [1.807, 2.05) is 0 Å². The third-order valence-corrected chi connectivity index (χ3v) is 3.87. The van der Waals surface area contributed by atoms with E-state index in [1.165, 1.54) is 18.2 Å². The SMILES string of the molecule is CC(Oc1ccc(F)cc1Br)C(=O)NCC1CCCN1.Cl. The minimum atomic E-state index is -0.627. The van der Waals surface area contributed by atoms with Gasteiger partial charge in [0.05, 0.1) is 4.47 Å². The van der Waals surface area contributed by atoms with Gasteiger partial charge in [-0.15, -0.1) is 12.4 Å². The molecule has 21 heavy (non-hydrogen) atoms. The maximum Gasteiger partial charge on any atom is 0.260 e. The standard InChI is InChI=1S/C14H18BrFN2O2.ClH/c1-9(14(19)18-8-11-3-2-6-17-11)20-13-5-4-10(16)7-12(13)15;/h4-5,7,9,11,17H,2-3,6,8H2,1H3,(H,18,19);1H. The fourth-order valence-electron chi connectivity index (χ4n) is 2.11. The van der Waals surface area contributed by atoms with E-state index in [2.05, 4.69) is 26.6 Å². The van der Waals surface area contributed by atoms with Crippen LogP contribution in [0.2, 0.25) is 0 Å². The molecule has 1 aromatic carbocycles. The lowest BCUT2D eigenvalue weighted by Gasteiger charge is -2.17. The molecule has 118 valence electrons. The summed E-state index contributed by atoms with van der Waals surface area (Å²) in [5.41, 5.74) is 0. The van der Waals surface area contributed by atoms with Crippen molar-refractivity contribution in [2.45, 2.75) is 31.9 Å². The fourth-order valence-corrected chi connectivity index (χ4v) is 2.56. The topological polar surface area (TPSA) is 50.4 Å². The van der Waals surface area contributed by atoms with Crippen molar-refractivity contribution in [3.8, 4) is 5.75 Å². The largest absolute Gasteiger partial charge is 0.480 e. The van der Waals surface area contributed by atoms with Gasteiger partial charge in [0.15, 0.2) is 6.10 Å². The van der Waals surface area contributed by atoms with Crippen molar-refractivity contribution in [2.75, 3.05) is 13.1 Å². The van der Waals surface area contributed by atoms with Gasteiger partial charge in [-0.25, -0.2) is 4.39 Å². The molecule has 2 unspecified atom stereocenters. The van der Waals surface area contributed by atoms with Crippen LogP contribution in [0.1, 0.15) is 19.8 Å². The Morgan fingerprint density at radius 1 is 1.62 bits per heavy atom. The zero-order valence-electron chi connectivity index (χ0n) is 11.7. The van der Waals surface area contributed by atoms with Gasteiger partial charge >= 0.3 is 0 Å². The molecule has 0 aliphatic carbocycles. The van der Waals surface area contributed by atoms with Crippen LogP contribution in [0.3, 0.4) is 0 Å². The molecule has 0 bridgehead atoms. The molecule has 7 heteroatoms. The Hall–Kier alpha value is -0.850. The minimum absolute atomic E-state index is 0. The van der Waals surface area contributed by atoms with E-state index < -0.39 is 6.10 Å². The Kier molecular flexibility index (Phi) is 7.42. The van der Waals surface area contributed by atoms with Crippen molar-refractivity contribution in [3.63, 3.8) is 0 Å². The van der Waals surface area contributed by atoms with Crippen molar-refractivity contribution in [2.24, 2.45) is 0 Å². The fraction of sp³-hybridized carbons (Fsp3) is 0.500. The van der Waals surface area contributed by atoms with Crippen molar-refractivity contribution in [1.82, 2.24) is 10.6 Å². The number of benzene rings is 1. The molecule has 1 aromatic rings. The van der Waals surface area contributed by atoms with Gasteiger partial charge in [-0.1, -0.05) is 0 Å². The second-order valence-corrected chi connectivity index (χ2v) is 5.73. The second kappa shape index (κ2) is 8.56. The van der Waals surface area contributed by atoms with Gasteiger partial charge in [0.25, 0.3) is 5.91 Å². The number of ether oxygens (including phenoxy) is 1. The number of carbonyl (C=O) groups is 1. The molecule has 0 radical (unpaired) electrons. The molecule has 2 rings (SSSR count). The highest BCUT2D eigenvalue weighted by Gasteiger charge is 2.19. The van der Waals surface area contributed by atoms with Gasteiger partial charge in [-0.3, -0.25) is 4.79 Å². The predicted octanol–water partition coefficient (Wildman–Crippen LogP) is 2.65. The summed E-state index contributed by atoms with van der Waals surface area (Å²) < 4.78 is 19.0. The molecule has 0 aromatic heterocycles. The first kappa shape index (κ1) is 18.2. The second-order valence-electron chi connectivity index (χ2n) is 4.87. The highest BCUT2D eigenvalue weighted by Crippen LogP contribution is 2.26. The lowest BCUT2D eigenvalue weighted by atomic mass is 10.2. The van der Waals surface area contributed by atoms with Gasteiger partial charge in [0.2, 0.25) is 0 Å². The summed E-state index contributed by atoms with van der Waals surface area (Å²) in [6.07, 6.45) is 1.60. The minimum Gasteiger partial charge on any atom is -0.480 e. The van der Waals surface area contributed by atoms with Crippen LogP contribution in [0.15, 0.2) is 22.7 Å². The number of nitrogens with one attached hydrogen (secondary N) is 2. The Bertz CT molecular complexity index is 484. The normalized spacial score (nSPS) is 18.7. The first-order valence-corrected chi connectivity index (χ1v) is 7.48. The molecule has 1 aliphatic heterocycles. The number of hydrogen-bond donors (Lipinski definition) is 2. The lowest BCUT2D eigenvalue weighted by Crippen LogP contribution is -2.42. The van der Waals surface area contributed by atoms with E-state index in [4.69, 9.17) is 4.74 Å². The molecule has 2 N–H and O–H groups in total. The Morgan fingerprint density at radius 3 is 3.00 bits per heavy atom. The van der Waals surface area contributed by atoms with Crippen LogP contribution in [0.25, 0.3) is 0 Å². The third kappa shape index (κ3) is 5.45. The summed E-state index contributed by atoms with van der Waals surface area (Å²) in [7, 11) is 0. The third-order valence-electron chi connectivity index (χ3n) is 3.25. The molecule has 1 aliphatic rings. The van der Waals surface area contributed by atoms with Gasteiger partial charge in [0.1, 0.15) is 11.6 Å². The van der Waals surface area contributed by atoms with E-state index in [9.17, 15) is 9.18 Å². The van der Waals surface area contributed by atoms with E-state index in [0.717, 1.165) is 19.4 Å². The van der Waals surface area contributed by atoms with Gasteiger partial charge in [-0.2, -0.15) is 0 Å². The highest BCUT2D eigenvalue weighted by molar-refractivity contribution is 9.10. The maximum atomic E-state index is 13.0. The molecule has 1 heterocycles. The van der Waals surface area contributed by atoms with Crippen LogP contribution in [0.4, 0.5) is 4.39 Å². The highest BCUT2D eigenvalue weighted by atomic mass is 79.9. The molecule has 1 fully saturated rings. The number of amides is 1. The maximum absolute atomic E-state index is 13.0. The molecule has 0 spiro atoms. The van der Waals surface area contributed by atoms with Gasteiger partial charge < -0.3 is 15.4 Å². The van der Waals surface area contributed by atoms with Crippen molar-refractivity contribution in [3.05, 3.63) is 28.5 Å². The van der Waals surface area contributed by atoms with Crippen LogP contribution >= 0.6 is 28.3 Å². The zero-order chi connectivity index (χ0) is 14.5. The number of hydrogen-bond acceptors (Lipinski definition) is 3. The zero-order valence-corrected chi connectivity index (χ0v) is 14.1. The summed E-state index contributed by atoms with van der Waals surface area (Å²) >= 11 is 3.21. The molecule has 2 atom stereocenters. The van der Waals surface area contributed by atoms with Crippen LogP contribution in [-0.4, -0.2) is 31.1 Å². The lowest BCUT2D eigenvalue weighted by molar-refractivity contribution is -0.127. The van der Waals surface area contributed by atoms with Crippen molar-refractivity contribution < 1.29 is 13.9 Å². The molecular weight excluding hydrogens is 363 g/mol. The molecule has 1 saturated heterocycles. The quantitative estimate of drug-likeness (QED) is 0.824. The first-order chi connectivity index (χ1) is 9.56. The van der Waals surface area contributed by atoms with Crippen LogP contribution in [-0.2, 0) is 4.79 Å². The first-order valence-electron chi connectivity index (χ1n) is 6.69. The Labute approximate surface area is 138 Å². The van der Waals surface area contributed by atoms with E-state index in [-0.39, 0.29) is 24.1 Å². The van der Waals surface area contributed by atoms with Crippen molar-refractivity contribution >= 4 is 34.2 Å². The summed E-state index contributed by atoms with van der Waals surface area (Å²) in [6, 6.07) is 4.46. The molecular formula is C14H19BrClFN2O2. The Morgan fingerprint density at radius 2 is 2.38 bits per heavy atom. The van der Waals surface area contributed by atoms with Gasteiger partial charge in [-0.05, 0) is 60.4 Å². The number of halogens is 3. The smallest absolute Gasteiger partial charge is 0.260 e. The number of carbonyl (C=O) groups excluding carboxylic acids is 1. The van der Waals surface area contributed by atoms with E-state index in [1.54, 1.807) is 6.92 Å². The molecule has 0 saturated carbocycles. The summed E-state index contributed by atoms with van der Waals surface area (Å²) in [5.74, 6) is -0.0726. The summed E-state index contributed by atoms with van der Waals surface area (Å²) in [4.78, 5) is 11.9. The number of rotatable bonds is 5. The van der Waals surface area contributed by atoms with Crippen molar-refractivity contribution in [1.29, 1.82) is 0 Å². The predicted molar refractivity (Wildman–Crippen MR) is 85.5 cm³/mol. The molecule has 4 nitrogen and oxygen atoms in total. The van der Waals surface area contributed by atoms with E-state index >= 15 is 0 Å². The van der Waals surface area contributed by atoms with E-state index in [0.29, 0.717) is 22.8 Å². The summed E-state index contributed by atoms with van der Waals surface area (Å²) in [5, 5.41) is 6.17. The summed E-state index contributed by atoms with van der Waals surface area (Å²) in [6.45, 7) is 3.29. The van der Waals surface area contributed by atoms with Gasteiger partial charge in [0, 0.05) is 12.6 Å². The monoisotopic (exact) mass is 380 g/mol. The average molecular weight is 382 g/mol. The molecule has 1 amide bonds. The Balaban J connectivity index is 0.00000220. The average Bonchev–Trinajstić information content (AvgIpc) is 2.92. The van der Waals surface area contributed by atoms with Crippen LogP contribution < -0.4 is 15.4 Å².